The third-order valence-electron chi connectivity index (χ3n) is 18.2. The number of rotatable bonds is 24. The van der Waals surface area contributed by atoms with E-state index < -0.39 is 36.3 Å². The zero-order valence-corrected chi connectivity index (χ0v) is 59.9. The zero-order valence-electron chi connectivity index (χ0n) is 59.9. The van der Waals surface area contributed by atoms with Crippen molar-refractivity contribution in [2.75, 3.05) is 58.9 Å². The van der Waals surface area contributed by atoms with Crippen molar-refractivity contribution in [1.29, 1.82) is 0 Å². The molecular weight excluding hydrogens is 1220 g/mol. The SMILES string of the molecule is NCCCCC1NC(=O)CCCCCCCCCCCNC(=O)C(CCCCN)NC(=O)C(CCCCN)NC(=O)CCCCCCCCCCCNC(=O)C(CCCCN)NC(=O)C(CCCCN)NC(=O)CCCCCCCCCCCNC(=O)C(CCCCN)NC1=O. The first-order chi connectivity index (χ1) is 46.7. The molecule has 1 rings (SSSR count). The minimum absolute atomic E-state index is 0.187. The fourth-order valence-electron chi connectivity index (χ4n) is 12.1. The van der Waals surface area contributed by atoms with E-state index >= 15 is 0 Å². The molecule has 9 amide bonds. The van der Waals surface area contributed by atoms with Gasteiger partial charge in [-0.25, -0.2) is 0 Å². The van der Waals surface area contributed by atoms with Gasteiger partial charge in [0.15, 0.2) is 0 Å². The second kappa shape index (κ2) is 63.4. The number of unbranched alkanes of at least 4 members (excludes halogenated alkanes) is 6. The molecule has 0 bridgehead atoms. The number of nitrogens with one attached hydrogen (secondary N) is 9. The van der Waals surface area contributed by atoms with Gasteiger partial charge in [0.2, 0.25) is 53.2 Å². The van der Waals surface area contributed by atoms with Crippen LogP contribution in [0.3, 0.4) is 0 Å². The van der Waals surface area contributed by atoms with E-state index in [1.807, 2.05) is 0 Å². The average molecular weight is 1360 g/mol. The van der Waals surface area contributed by atoms with E-state index in [1.54, 1.807) is 0 Å². The summed E-state index contributed by atoms with van der Waals surface area (Å²) in [6, 6.07) is -4.59. The van der Waals surface area contributed by atoms with Gasteiger partial charge in [-0.2, -0.15) is 0 Å². The largest absolute Gasteiger partial charge is 0.354 e. The summed E-state index contributed by atoms with van der Waals surface area (Å²) in [4.78, 5) is 122. The van der Waals surface area contributed by atoms with Gasteiger partial charge in [0.1, 0.15) is 36.3 Å². The number of hydrogen-bond acceptors (Lipinski definition) is 15. The molecule has 6 atom stereocenters. The standard InChI is InChI=1S/C72H141N15O9/c73-49-31-25-40-58-67(91)79-55-37-19-13-7-1-4-10-16-22-46-64(88)82-61(43-28-34-52-76)70(94)86-59(41-26-32-50-74)68(92)80-56-38-20-14-8-3-6-12-18-24-48-66(90)84-63(45-30-36-54-78)72(96)87-60(42-27-33-51-75)69(93)81-57-39-21-15-9-2-5-11-17-23-47-65(89)83-62(71(95)85-58)44-29-35-53-77/h58-63H,1-57,73-78H2,(H,79,91)(H,80,92)(H,81,93)(H,82,88)(H,83,89)(H,84,90)(H,85,95)(H,86,94)(H,87,96). The van der Waals surface area contributed by atoms with E-state index in [0.29, 0.717) is 213 Å². The summed E-state index contributed by atoms with van der Waals surface area (Å²) in [6.45, 7) is 4.32. The molecule has 96 heavy (non-hydrogen) atoms. The molecule has 0 aliphatic carbocycles. The van der Waals surface area contributed by atoms with Crippen molar-refractivity contribution in [3.63, 3.8) is 0 Å². The van der Waals surface area contributed by atoms with Crippen LogP contribution in [0.2, 0.25) is 0 Å². The van der Waals surface area contributed by atoms with Crippen LogP contribution in [0.1, 0.15) is 308 Å². The second-order valence-electron chi connectivity index (χ2n) is 26.9. The average Bonchev–Trinajstić information content (AvgIpc) is 1.98. The zero-order chi connectivity index (χ0) is 70.3. The lowest BCUT2D eigenvalue weighted by Gasteiger charge is -2.23. The quantitative estimate of drug-likeness (QED) is 0.0445. The number of nitrogens with two attached hydrogens (primary N) is 6. The van der Waals surface area contributed by atoms with Gasteiger partial charge in [-0.1, -0.05) is 135 Å². The molecule has 24 heteroatoms. The Kier molecular flexibility index (Phi) is 58.8. The number of carbonyl (C=O) groups is 9. The lowest BCUT2D eigenvalue weighted by molar-refractivity contribution is -0.132. The van der Waals surface area contributed by atoms with Crippen LogP contribution in [0.5, 0.6) is 0 Å². The Labute approximate surface area is 579 Å². The Bertz CT molecular complexity index is 1810. The van der Waals surface area contributed by atoms with Gasteiger partial charge in [-0.05, 0) is 193 Å². The summed E-state index contributed by atoms with van der Waals surface area (Å²) in [5, 5.41) is 26.9. The van der Waals surface area contributed by atoms with Crippen molar-refractivity contribution in [2.24, 2.45) is 34.4 Å². The molecule has 1 fully saturated rings. The molecule has 1 saturated heterocycles. The van der Waals surface area contributed by atoms with Gasteiger partial charge in [0.05, 0.1) is 0 Å². The van der Waals surface area contributed by atoms with E-state index in [0.717, 1.165) is 154 Å². The van der Waals surface area contributed by atoms with Crippen LogP contribution in [-0.2, 0) is 43.2 Å². The predicted molar refractivity (Wildman–Crippen MR) is 387 cm³/mol. The fourth-order valence-corrected chi connectivity index (χ4v) is 12.1. The van der Waals surface area contributed by atoms with Crippen molar-refractivity contribution < 1.29 is 43.2 Å². The van der Waals surface area contributed by atoms with Crippen molar-refractivity contribution in [1.82, 2.24) is 47.9 Å². The van der Waals surface area contributed by atoms with Crippen LogP contribution in [0.25, 0.3) is 0 Å². The van der Waals surface area contributed by atoms with Gasteiger partial charge in [-0.15, -0.1) is 0 Å². The van der Waals surface area contributed by atoms with Crippen molar-refractivity contribution in [2.45, 2.75) is 344 Å². The Morgan fingerprint density at radius 3 is 0.562 bits per heavy atom. The summed E-state index contributed by atoms with van der Waals surface area (Å²) >= 11 is 0. The Balaban J connectivity index is 3.05. The van der Waals surface area contributed by atoms with Gasteiger partial charge >= 0.3 is 0 Å². The topological polar surface area (TPSA) is 418 Å². The number of carbonyl (C=O) groups excluding carboxylic acids is 9. The van der Waals surface area contributed by atoms with E-state index in [2.05, 4.69) is 47.9 Å². The second-order valence-corrected chi connectivity index (χ2v) is 26.9. The molecule has 24 nitrogen and oxygen atoms in total. The molecule has 0 aromatic rings. The summed E-state index contributed by atoms with van der Waals surface area (Å²) in [7, 11) is 0. The summed E-state index contributed by atoms with van der Waals surface area (Å²) < 4.78 is 0. The van der Waals surface area contributed by atoms with Crippen molar-refractivity contribution >= 4 is 53.2 Å². The van der Waals surface area contributed by atoms with Crippen LogP contribution < -0.4 is 82.3 Å². The third kappa shape index (κ3) is 49.5. The first-order valence-corrected chi connectivity index (χ1v) is 38.6. The molecular formula is C72H141N15O9. The van der Waals surface area contributed by atoms with E-state index in [4.69, 9.17) is 34.4 Å². The van der Waals surface area contributed by atoms with Gasteiger partial charge < -0.3 is 82.3 Å². The first kappa shape index (κ1) is 89.0. The maximum absolute atomic E-state index is 13.8. The monoisotopic (exact) mass is 1360 g/mol. The Morgan fingerprint density at radius 1 is 0.208 bits per heavy atom. The highest BCUT2D eigenvalue weighted by Crippen LogP contribution is 2.16. The highest BCUT2D eigenvalue weighted by atomic mass is 16.2. The highest BCUT2D eigenvalue weighted by molar-refractivity contribution is 5.94. The van der Waals surface area contributed by atoms with E-state index in [1.165, 1.54) is 0 Å². The summed E-state index contributed by atoms with van der Waals surface area (Å²) in [5.41, 5.74) is 34.8. The van der Waals surface area contributed by atoms with Gasteiger partial charge in [0, 0.05) is 38.9 Å². The van der Waals surface area contributed by atoms with Crippen molar-refractivity contribution in [3.8, 4) is 0 Å². The molecule has 1 aliphatic heterocycles. The molecule has 0 saturated carbocycles. The number of amides is 9. The van der Waals surface area contributed by atoms with E-state index in [9.17, 15) is 43.2 Å². The predicted octanol–water partition coefficient (Wildman–Crippen LogP) is 6.73. The molecule has 558 valence electrons. The first-order valence-electron chi connectivity index (χ1n) is 38.6. The maximum atomic E-state index is 13.8. The van der Waals surface area contributed by atoms with Gasteiger partial charge in [0.25, 0.3) is 0 Å². The molecule has 21 N–H and O–H groups in total. The minimum atomic E-state index is -0.779. The van der Waals surface area contributed by atoms with Crippen LogP contribution in [0.4, 0.5) is 0 Å². The summed E-state index contributed by atoms with van der Waals surface area (Å²) in [6.07, 6.45) is 37.4. The lowest BCUT2D eigenvalue weighted by atomic mass is 10.0. The molecule has 0 aromatic heterocycles. The Morgan fingerprint density at radius 2 is 0.375 bits per heavy atom. The normalized spacial score (nSPS) is 23.2. The van der Waals surface area contributed by atoms with Crippen LogP contribution in [0, 0.1) is 0 Å². The fraction of sp³-hybridized carbons (Fsp3) is 0.875. The lowest BCUT2D eigenvalue weighted by Crippen LogP contribution is -2.53. The van der Waals surface area contributed by atoms with Crippen LogP contribution in [-0.4, -0.2) is 148 Å². The maximum Gasteiger partial charge on any atom is 0.243 e. The van der Waals surface area contributed by atoms with Crippen molar-refractivity contribution in [3.05, 3.63) is 0 Å². The van der Waals surface area contributed by atoms with Crippen LogP contribution >= 0.6 is 0 Å². The molecule has 0 spiro atoms. The van der Waals surface area contributed by atoms with Gasteiger partial charge in [-0.3, -0.25) is 43.2 Å². The number of hydrogen-bond donors (Lipinski definition) is 15. The third-order valence-corrected chi connectivity index (χ3v) is 18.2. The van der Waals surface area contributed by atoms with E-state index in [-0.39, 0.29) is 53.2 Å². The molecule has 0 aromatic carbocycles. The Hall–Kier alpha value is -5.01. The molecule has 1 heterocycles. The smallest absolute Gasteiger partial charge is 0.243 e. The molecule has 0 radical (unpaired) electrons. The molecule has 1 aliphatic rings. The summed E-state index contributed by atoms with van der Waals surface area (Å²) in [5.74, 6) is -2.40. The minimum Gasteiger partial charge on any atom is -0.354 e. The highest BCUT2D eigenvalue weighted by Gasteiger charge is 2.30. The molecule has 6 unspecified atom stereocenters. The van der Waals surface area contributed by atoms with Crippen LogP contribution in [0.15, 0.2) is 0 Å².